The number of fused-ring (bicyclic) bond motifs is 1. The number of piperazine rings is 1. The first-order valence-corrected chi connectivity index (χ1v) is 14.1. The molecule has 1 aromatic carbocycles. The fourth-order valence-corrected chi connectivity index (χ4v) is 5.49. The van der Waals surface area contributed by atoms with Gasteiger partial charge in [0.1, 0.15) is 11.8 Å². The molecule has 1 saturated heterocycles. The Bertz CT molecular complexity index is 1250. The number of hydrogen-bond acceptors (Lipinski definition) is 9. The van der Waals surface area contributed by atoms with Crippen LogP contribution in [0.5, 0.6) is 5.75 Å². The highest BCUT2D eigenvalue weighted by atomic mass is 32.1. The second-order valence-electron chi connectivity index (χ2n) is 10.2. The van der Waals surface area contributed by atoms with Crippen molar-refractivity contribution in [2.45, 2.75) is 64.2 Å². The number of amides is 4. The lowest BCUT2D eigenvalue weighted by Gasteiger charge is -2.33. The molecule has 2 aliphatic rings. The maximum Gasteiger partial charge on any atom is 0.526 e. The first-order valence-electron chi connectivity index (χ1n) is 13.2. The number of nitrogens with one attached hydrogen (secondary N) is 1. The molecular weight excluding hydrogens is 521 g/mol. The summed E-state index contributed by atoms with van der Waals surface area (Å²) in [4.78, 5) is 58.3. The van der Waals surface area contributed by atoms with Crippen molar-refractivity contribution in [3.8, 4) is 5.75 Å². The number of benzene rings is 1. The third-order valence-electron chi connectivity index (χ3n) is 7.10. The highest BCUT2D eigenvalue weighted by Gasteiger charge is 2.41. The van der Waals surface area contributed by atoms with E-state index < -0.39 is 42.6 Å². The van der Waals surface area contributed by atoms with Crippen LogP contribution in [0, 0.1) is 0 Å². The van der Waals surface area contributed by atoms with Crippen molar-refractivity contribution >= 4 is 47.2 Å². The molecule has 208 valence electrons. The third-order valence-corrected chi connectivity index (χ3v) is 7.79. The topological polar surface area (TPSA) is 155 Å². The Kier molecular flexibility index (Phi) is 8.91. The number of para-hydroxylation sites is 1. The van der Waals surface area contributed by atoms with E-state index in [1.165, 1.54) is 4.90 Å². The largest absolute Gasteiger partial charge is 0.535 e. The lowest BCUT2D eigenvalue weighted by molar-refractivity contribution is -0.153. The first kappa shape index (κ1) is 28.6. The van der Waals surface area contributed by atoms with E-state index in [0.717, 1.165) is 40.2 Å². The van der Waals surface area contributed by atoms with Crippen molar-refractivity contribution in [1.29, 1.82) is 0 Å². The van der Waals surface area contributed by atoms with Crippen LogP contribution < -0.4 is 15.7 Å². The van der Waals surface area contributed by atoms with E-state index in [-0.39, 0.29) is 36.3 Å². The molecule has 0 bridgehead atoms. The van der Waals surface area contributed by atoms with Crippen LogP contribution in [0.3, 0.4) is 0 Å². The molecule has 0 saturated carbocycles. The van der Waals surface area contributed by atoms with Gasteiger partial charge in [0.2, 0.25) is 0 Å². The third kappa shape index (κ3) is 6.25. The molecule has 3 heterocycles. The molecule has 4 amide bonds. The standard InChI is InChI=1S/C26H34BN5O6S/c1-4-5-9-31-10-11-32(24(35)23(31)34)26(36)30-21(19-14-39-25(28)29-19)20(33)13-17-12-16-7-6-8-18(15(2)3)22(16)38-27(17)37/h6-8,14-15,17,21,37H,4-5,9-13H2,1-3H3,(H2,28,29)(H,30,36)/t17-,21?/m1/s1. The van der Waals surface area contributed by atoms with Crippen molar-refractivity contribution in [1.82, 2.24) is 20.1 Å². The van der Waals surface area contributed by atoms with Gasteiger partial charge in [-0.3, -0.25) is 19.3 Å². The van der Waals surface area contributed by atoms with Gasteiger partial charge in [0.15, 0.2) is 10.9 Å². The van der Waals surface area contributed by atoms with Crippen LogP contribution in [-0.4, -0.2) is 70.2 Å². The van der Waals surface area contributed by atoms with Crippen LogP contribution in [0.25, 0.3) is 0 Å². The number of carbonyl (C=O) groups is 4. The molecule has 2 atom stereocenters. The maximum absolute atomic E-state index is 13.6. The van der Waals surface area contributed by atoms with Gasteiger partial charge in [0.25, 0.3) is 0 Å². The Morgan fingerprint density at radius 1 is 1.28 bits per heavy atom. The van der Waals surface area contributed by atoms with Gasteiger partial charge >= 0.3 is 25.0 Å². The van der Waals surface area contributed by atoms with Crippen LogP contribution in [-0.2, 0) is 20.8 Å². The molecule has 2 aliphatic heterocycles. The molecule has 2 aromatic rings. The Morgan fingerprint density at radius 3 is 2.72 bits per heavy atom. The number of carbonyl (C=O) groups excluding carboxylic acids is 4. The zero-order valence-corrected chi connectivity index (χ0v) is 23.2. The summed E-state index contributed by atoms with van der Waals surface area (Å²) in [5, 5.41) is 15.1. The number of imide groups is 1. The van der Waals surface area contributed by atoms with E-state index >= 15 is 0 Å². The molecule has 0 aliphatic carbocycles. The van der Waals surface area contributed by atoms with Crippen LogP contribution in [0.4, 0.5) is 9.93 Å². The zero-order valence-electron chi connectivity index (χ0n) is 22.4. The van der Waals surface area contributed by atoms with E-state index in [0.29, 0.717) is 18.7 Å². The van der Waals surface area contributed by atoms with Gasteiger partial charge in [-0.25, -0.2) is 9.78 Å². The summed E-state index contributed by atoms with van der Waals surface area (Å²) in [6.45, 7) is 6.75. The number of rotatable bonds is 9. The highest BCUT2D eigenvalue weighted by Crippen LogP contribution is 2.39. The van der Waals surface area contributed by atoms with Crippen LogP contribution >= 0.6 is 11.3 Å². The summed E-state index contributed by atoms with van der Waals surface area (Å²) in [5.74, 6) is -1.83. The number of aromatic nitrogens is 1. The van der Waals surface area contributed by atoms with Crippen molar-refractivity contribution < 1.29 is 28.9 Å². The number of nitrogens with two attached hydrogens (primary N) is 1. The van der Waals surface area contributed by atoms with Gasteiger partial charge < -0.3 is 25.6 Å². The van der Waals surface area contributed by atoms with Crippen molar-refractivity contribution in [2.24, 2.45) is 0 Å². The van der Waals surface area contributed by atoms with Gasteiger partial charge in [-0.1, -0.05) is 45.4 Å². The Hall–Kier alpha value is -3.45. The molecule has 13 heteroatoms. The molecule has 11 nitrogen and oxygen atoms in total. The van der Waals surface area contributed by atoms with Gasteiger partial charge in [-0.05, 0) is 29.9 Å². The van der Waals surface area contributed by atoms with Crippen molar-refractivity contribution in [2.75, 3.05) is 25.4 Å². The van der Waals surface area contributed by atoms with Crippen LogP contribution in [0.15, 0.2) is 23.6 Å². The minimum Gasteiger partial charge on any atom is -0.535 e. The molecule has 0 radical (unpaired) electrons. The molecule has 39 heavy (non-hydrogen) atoms. The highest BCUT2D eigenvalue weighted by molar-refractivity contribution is 7.13. The molecule has 4 rings (SSSR count). The number of anilines is 1. The summed E-state index contributed by atoms with van der Waals surface area (Å²) in [6, 6.07) is 3.71. The summed E-state index contributed by atoms with van der Waals surface area (Å²) in [5.41, 5.74) is 7.90. The second-order valence-corrected chi connectivity index (χ2v) is 11.1. The summed E-state index contributed by atoms with van der Waals surface area (Å²) in [6.07, 6.45) is 1.92. The van der Waals surface area contributed by atoms with E-state index in [2.05, 4.69) is 10.3 Å². The lowest BCUT2D eigenvalue weighted by atomic mass is 9.64. The van der Waals surface area contributed by atoms with Crippen LogP contribution in [0.1, 0.15) is 68.8 Å². The Morgan fingerprint density at radius 2 is 2.05 bits per heavy atom. The molecular formula is C26H34BN5O6S. The van der Waals surface area contributed by atoms with Crippen molar-refractivity contribution in [3.05, 3.63) is 40.4 Å². The Labute approximate surface area is 231 Å². The number of hydrogen-bond donors (Lipinski definition) is 3. The van der Waals surface area contributed by atoms with Gasteiger partial charge in [0, 0.05) is 37.3 Å². The zero-order chi connectivity index (χ0) is 28.3. The molecule has 1 aromatic heterocycles. The number of nitrogen functional groups attached to an aromatic ring is 1. The quantitative estimate of drug-likeness (QED) is 0.315. The van der Waals surface area contributed by atoms with Gasteiger partial charge in [0.05, 0.1) is 5.69 Å². The molecule has 1 unspecified atom stereocenters. The summed E-state index contributed by atoms with van der Waals surface area (Å²) >= 11 is 1.11. The van der Waals surface area contributed by atoms with Gasteiger partial charge in [-0.15, -0.1) is 11.3 Å². The van der Waals surface area contributed by atoms with E-state index in [4.69, 9.17) is 10.4 Å². The number of unbranched alkanes of at least 4 members (excludes halogenated alkanes) is 1. The molecule has 1 fully saturated rings. The average molecular weight is 555 g/mol. The number of thiazole rings is 1. The maximum atomic E-state index is 13.6. The minimum absolute atomic E-state index is 0.0182. The van der Waals surface area contributed by atoms with E-state index in [9.17, 15) is 24.2 Å². The Balaban J connectivity index is 1.49. The number of urea groups is 1. The molecule has 4 N–H and O–H groups in total. The SMILES string of the molecule is CCCCN1CCN(C(=O)NC(C(=O)C[C@H]2Cc3cccc(C(C)C)c3OB2O)c2csc(N)n2)C(=O)C1=O. The predicted molar refractivity (Wildman–Crippen MR) is 147 cm³/mol. The van der Waals surface area contributed by atoms with E-state index in [1.54, 1.807) is 5.38 Å². The second kappa shape index (κ2) is 12.2. The fraction of sp³-hybridized carbons (Fsp3) is 0.500. The smallest absolute Gasteiger partial charge is 0.526 e. The number of Topliss-reactive ketones (excluding diaryl/α,β-unsaturated/α-hetero) is 1. The van der Waals surface area contributed by atoms with Crippen LogP contribution in [0.2, 0.25) is 5.82 Å². The predicted octanol–water partition coefficient (Wildman–Crippen LogP) is 2.52. The first-order chi connectivity index (χ1) is 18.6. The molecule has 0 spiro atoms. The average Bonchev–Trinajstić information content (AvgIpc) is 3.33. The summed E-state index contributed by atoms with van der Waals surface area (Å²) < 4.78 is 5.85. The van der Waals surface area contributed by atoms with E-state index in [1.807, 2.05) is 39.0 Å². The number of ketones is 1. The normalized spacial score (nSPS) is 18.2. The monoisotopic (exact) mass is 555 g/mol. The summed E-state index contributed by atoms with van der Waals surface area (Å²) in [7, 11) is -1.21. The number of nitrogens with zero attached hydrogens (tertiary/aromatic N) is 3. The minimum atomic E-state index is -1.22. The lowest BCUT2D eigenvalue weighted by Crippen LogP contribution is -2.59. The fourth-order valence-electron chi connectivity index (χ4n) is 4.90. The van der Waals surface area contributed by atoms with Gasteiger partial charge in [-0.2, -0.15) is 0 Å². The van der Waals surface area contributed by atoms with Crippen molar-refractivity contribution in [3.63, 3.8) is 0 Å².